The number of carbonyl (C=O) groups is 1. The third kappa shape index (κ3) is 13.5. The first-order chi connectivity index (χ1) is 10.8. The van der Waals surface area contributed by atoms with Crippen LogP contribution in [0.3, 0.4) is 0 Å². The number of carbonyl (C=O) groups excluding carboxylic acids is 1. The summed E-state index contributed by atoms with van der Waals surface area (Å²) in [5, 5.41) is 0. The predicted octanol–water partition coefficient (Wildman–Crippen LogP) is 6.12. The predicted molar refractivity (Wildman–Crippen MR) is 100 cm³/mol. The molecule has 0 unspecified atom stereocenters. The van der Waals surface area contributed by atoms with Crippen LogP contribution >= 0.6 is 12.6 Å². The molecule has 22 heavy (non-hydrogen) atoms. The Kier molecular flexibility index (Phi) is 17.0. The monoisotopic (exact) mass is 328 g/mol. The normalized spacial score (nSPS) is 10.9. The van der Waals surface area contributed by atoms with E-state index in [0.717, 1.165) is 25.9 Å². The van der Waals surface area contributed by atoms with E-state index in [1.807, 2.05) is 0 Å². The molecule has 0 fully saturated rings. The Bertz CT molecular complexity index is 230. The third-order valence-corrected chi connectivity index (χ3v) is 4.44. The van der Waals surface area contributed by atoms with Gasteiger partial charge in [-0.3, -0.25) is 4.79 Å². The number of hydrogen-bond donors (Lipinski definition) is 0. The van der Waals surface area contributed by atoms with E-state index in [1.165, 1.54) is 64.2 Å². The van der Waals surface area contributed by atoms with Crippen LogP contribution in [0.25, 0.3) is 0 Å². The summed E-state index contributed by atoms with van der Waals surface area (Å²) < 4.78 is 0. The number of hydrogen-bond acceptors (Lipinski definition) is 1. The van der Waals surface area contributed by atoms with Gasteiger partial charge >= 0.3 is 0 Å². The molecule has 1 radical (unpaired) electrons. The number of unbranched alkanes of at least 4 members (excludes halogenated alkanes) is 10. The maximum absolute atomic E-state index is 12.1. The van der Waals surface area contributed by atoms with E-state index in [2.05, 4.69) is 18.7 Å². The first-order valence-electron chi connectivity index (χ1n) is 9.62. The Morgan fingerprint density at radius 2 is 1.14 bits per heavy atom. The van der Waals surface area contributed by atoms with Gasteiger partial charge in [-0.05, 0) is 12.8 Å². The zero-order chi connectivity index (χ0) is 16.5. The summed E-state index contributed by atoms with van der Waals surface area (Å²) in [7, 11) is 0. The quantitative estimate of drug-likeness (QED) is 0.312. The van der Waals surface area contributed by atoms with Gasteiger partial charge in [-0.2, -0.15) is 0 Å². The van der Waals surface area contributed by atoms with E-state index in [4.69, 9.17) is 12.6 Å². The van der Waals surface area contributed by atoms with Crippen LogP contribution < -0.4 is 0 Å². The zero-order valence-corrected chi connectivity index (χ0v) is 15.9. The minimum absolute atomic E-state index is 0.275. The lowest BCUT2D eigenvalue weighted by molar-refractivity contribution is -0.130. The highest BCUT2D eigenvalue weighted by molar-refractivity contribution is 7.80. The average Bonchev–Trinajstić information content (AvgIpc) is 2.52. The molecule has 3 heteroatoms. The first kappa shape index (κ1) is 21.8. The van der Waals surface area contributed by atoms with Crippen molar-refractivity contribution in [3.63, 3.8) is 0 Å². The van der Waals surface area contributed by atoms with E-state index in [0.29, 0.717) is 12.2 Å². The van der Waals surface area contributed by atoms with Crippen LogP contribution in [-0.2, 0) is 4.79 Å². The summed E-state index contributed by atoms with van der Waals surface area (Å²) in [6, 6.07) is 0. The van der Waals surface area contributed by atoms with Crippen molar-refractivity contribution >= 4 is 18.5 Å². The average molecular weight is 329 g/mol. The molecule has 0 rings (SSSR count). The van der Waals surface area contributed by atoms with E-state index in [-0.39, 0.29) is 5.91 Å². The molecule has 0 aromatic rings. The maximum Gasteiger partial charge on any atom is 0.223 e. The zero-order valence-electron chi connectivity index (χ0n) is 15.1. The largest absolute Gasteiger partial charge is 0.343 e. The lowest BCUT2D eigenvalue weighted by Gasteiger charge is -2.22. The van der Waals surface area contributed by atoms with Crippen molar-refractivity contribution in [3.05, 3.63) is 0 Å². The molecule has 0 aliphatic carbocycles. The SMILES string of the molecule is CCCCCCCCN(CCCCCCCC)C(=O)CC[S]. The Balaban J connectivity index is 3.82. The molecule has 0 bridgehead atoms. The van der Waals surface area contributed by atoms with Crippen molar-refractivity contribution in [3.8, 4) is 0 Å². The highest BCUT2D eigenvalue weighted by Crippen LogP contribution is 2.10. The van der Waals surface area contributed by atoms with Gasteiger partial charge in [-0.15, -0.1) is 0 Å². The van der Waals surface area contributed by atoms with Crippen molar-refractivity contribution < 1.29 is 4.79 Å². The first-order valence-corrected chi connectivity index (χ1v) is 10.2. The summed E-state index contributed by atoms with van der Waals surface area (Å²) >= 11 is 4.97. The number of rotatable bonds is 16. The molecule has 0 aliphatic heterocycles. The lowest BCUT2D eigenvalue weighted by atomic mass is 10.1. The van der Waals surface area contributed by atoms with E-state index < -0.39 is 0 Å². The molecular formula is C19H38NOS. The molecule has 0 spiro atoms. The van der Waals surface area contributed by atoms with E-state index >= 15 is 0 Å². The molecule has 1 amide bonds. The molecule has 0 saturated heterocycles. The molecule has 2 nitrogen and oxygen atoms in total. The van der Waals surface area contributed by atoms with Gasteiger partial charge in [0.15, 0.2) is 0 Å². The van der Waals surface area contributed by atoms with Crippen LogP contribution in [0.2, 0.25) is 0 Å². The molecule has 0 aliphatic rings. The van der Waals surface area contributed by atoms with Crippen molar-refractivity contribution in [1.82, 2.24) is 4.90 Å². The van der Waals surface area contributed by atoms with Crippen molar-refractivity contribution in [2.75, 3.05) is 18.8 Å². The second kappa shape index (κ2) is 17.2. The Morgan fingerprint density at radius 1 is 0.727 bits per heavy atom. The maximum atomic E-state index is 12.1. The molecule has 0 N–H and O–H groups in total. The minimum Gasteiger partial charge on any atom is -0.343 e. The number of nitrogens with zero attached hydrogens (tertiary/aromatic N) is 1. The van der Waals surface area contributed by atoms with Gasteiger partial charge in [-0.25, -0.2) is 0 Å². The summed E-state index contributed by atoms with van der Waals surface area (Å²) in [5.74, 6) is 0.833. The molecule has 0 saturated carbocycles. The summed E-state index contributed by atoms with van der Waals surface area (Å²) in [5.41, 5.74) is 0. The lowest BCUT2D eigenvalue weighted by Crippen LogP contribution is -2.33. The van der Waals surface area contributed by atoms with Gasteiger partial charge in [0.25, 0.3) is 0 Å². The van der Waals surface area contributed by atoms with Crippen LogP contribution in [0.5, 0.6) is 0 Å². The third-order valence-electron chi connectivity index (χ3n) is 4.23. The summed E-state index contributed by atoms with van der Waals surface area (Å²) in [6.45, 7) is 6.37. The molecule has 0 atom stereocenters. The Labute approximate surface area is 144 Å². The second-order valence-corrected chi connectivity index (χ2v) is 6.78. The Hall–Kier alpha value is -0.180. The van der Waals surface area contributed by atoms with Crippen LogP contribution in [0.1, 0.15) is 97.3 Å². The topological polar surface area (TPSA) is 20.3 Å². The highest BCUT2D eigenvalue weighted by atomic mass is 32.1. The highest BCUT2D eigenvalue weighted by Gasteiger charge is 2.11. The van der Waals surface area contributed by atoms with Gasteiger partial charge in [0.2, 0.25) is 5.91 Å². The fraction of sp³-hybridized carbons (Fsp3) is 0.947. The fourth-order valence-corrected chi connectivity index (χ4v) is 2.95. The van der Waals surface area contributed by atoms with E-state index in [1.54, 1.807) is 0 Å². The van der Waals surface area contributed by atoms with Gasteiger partial charge in [0, 0.05) is 25.3 Å². The molecule has 0 aromatic carbocycles. The van der Waals surface area contributed by atoms with Crippen molar-refractivity contribution in [2.45, 2.75) is 97.3 Å². The van der Waals surface area contributed by atoms with Crippen LogP contribution in [0.4, 0.5) is 0 Å². The van der Waals surface area contributed by atoms with Crippen molar-refractivity contribution in [2.24, 2.45) is 0 Å². The number of amides is 1. The molecule has 0 heterocycles. The smallest absolute Gasteiger partial charge is 0.223 e. The Morgan fingerprint density at radius 3 is 1.55 bits per heavy atom. The van der Waals surface area contributed by atoms with Gasteiger partial charge in [-0.1, -0.05) is 90.7 Å². The fourth-order valence-electron chi connectivity index (χ4n) is 2.77. The van der Waals surface area contributed by atoms with Crippen LogP contribution in [0, 0.1) is 0 Å². The van der Waals surface area contributed by atoms with Gasteiger partial charge < -0.3 is 4.90 Å². The van der Waals surface area contributed by atoms with Gasteiger partial charge in [0.1, 0.15) is 0 Å². The molecule has 0 aromatic heterocycles. The van der Waals surface area contributed by atoms with Gasteiger partial charge in [0.05, 0.1) is 0 Å². The van der Waals surface area contributed by atoms with Crippen LogP contribution in [0.15, 0.2) is 0 Å². The second-order valence-electron chi connectivity index (χ2n) is 6.37. The summed E-state index contributed by atoms with van der Waals surface area (Å²) in [4.78, 5) is 14.2. The van der Waals surface area contributed by atoms with E-state index in [9.17, 15) is 4.79 Å². The minimum atomic E-state index is 0.275. The van der Waals surface area contributed by atoms with Crippen LogP contribution in [-0.4, -0.2) is 29.6 Å². The standard InChI is InChI=1S/C19H38NOS/c1-3-5-7-9-11-13-16-20(19(21)15-18-22)17-14-12-10-8-6-4-2/h3-18H2,1-2H3. The molecule has 131 valence electrons. The summed E-state index contributed by atoms with van der Waals surface area (Å²) in [6.07, 6.45) is 16.0. The van der Waals surface area contributed by atoms with Crippen molar-refractivity contribution in [1.29, 1.82) is 0 Å². The molecular weight excluding hydrogens is 290 g/mol.